The molecule has 0 aromatic heterocycles. The van der Waals surface area contributed by atoms with Crippen molar-refractivity contribution in [3.05, 3.63) is 46.7 Å². The highest BCUT2D eigenvalue weighted by molar-refractivity contribution is 5.98. The maximum Gasteiger partial charge on any atom is 0.246 e. The molecule has 1 aromatic carbocycles. The van der Waals surface area contributed by atoms with Crippen molar-refractivity contribution in [2.24, 2.45) is 4.99 Å². The summed E-state index contributed by atoms with van der Waals surface area (Å²) < 4.78 is 10.6. The zero-order valence-corrected chi connectivity index (χ0v) is 20.4. The molecule has 8 heteroatoms. The Kier molecular flexibility index (Phi) is 8.85. The number of aliphatic imine (C=N–C) groups is 1. The SMILES string of the molecule is C#C/C=C(/OC(C)C)C(=N)CCC1=NC(c2cccc3c2CCCC3NC(=O)COC)N(C)O1. The third-order valence-corrected chi connectivity index (χ3v) is 5.76. The van der Waals surface area contributed by atoms with E-state index in [-0.39, 0.29) is 30.8 Å². The van der Waals surface area contributed by atoms with Crippen molar-refractivity contribution in [3.63, 3.8) is 0 Å². The molecule has 34 heavy (non-hydrogen) atoms. The number of hydrogen-bond acceptors (Lipinski definition) is 7. The molecule has 0 fully saturated rings. The van der Waals surface area contributed by atoms with Crippen molar-refractivity contribution in [1.82, 2.24) is 10.4 Å². The number of methoxy groups -OCH3 is 1. The lowest BCUT2D eigenvalue weighted by Gasteiger charge is -2.29. The lowest BCUT2D eigenvalue weighted by Crippen LogP contribution is -2.34. The third-order valence-electron chi connectivity index (χ3n) is 5.76. The Morgan fingerprint density at radius 3 is 2.91 bits per heavy atom. The molecule has 2 unspecified atom stereocenters. The highest BCUT2D eigenvalue weighted by Gasteiger charge is 2.32. The molecule has 2 N–H and O–H groups in total. The number of fused-ring (bicyclic) bond motifs is 1. The molecular weight excluding hydrogens is 432 g/mol. The van der Waals surface area contributed by atoms with Gasteiger partial charge in [-0.15, -0.1) is 11.5 Å². The summed E-state index contributed by atoms with van der Waals surface area (Å²) in [5.74, 6) is 3.29. The van der Waals surface area contributed by atoms with Crippen LogP contribution >= 0.6 is 0 Å². The van der Waals surface area contributed by atoms with Gasteiger partial charge in [0.1, 0.15) is 12.4 Å². The van der Waals surface area contributed by atoms with Gasteiger partial charge in [0, 0.05) is 33.1 Å². The van der Waals surface area contributed by atoms with Crippen LogP contribution in [0.15, 0.2) is 35.0 Å². The normalized spacial score (nSPS) is 20.2. The van der Waals surface area contributed by atoms with Gasteiger partial charge >= 0.3 is 0 Å². The second-order valence-electron chi connectivity index (χ2n) is 8.71. The molecule has 1 aliphatic carbocycles. The first-order chi connectivity index (χ1) is 16.3. The van der Waals surface area contributed by atoms with E-state index in [1.807, 2.05) is 27.0 Å². The van der Waals surface area contributed by atoms with E-state index in [4.69, 9.17) is 31.1 Å². The average Bonchev–Trinajstić information content (AvgIpc) is 3.17. The summed E-state index contributed by atoms with van der Waals surface area (Å²) in [5, 5.41) is 13.2. The maximum absolute atomic E-state index is 12.1. The molecule has 182 valence electrons. The first kappa shape index (κ1) is 25.5. The average molecular weight is 467 g/mol. The summed E-state index contributed by atoms with van der Waals surface area (Å²) in [5.41, 5.74) is 3.73. The molecule has 8 nitrogen and oxygen atoms in total. The number of carbonyl (C=O) groups is 1. The van der Waals surface area contributed by atoms with Crippen LogP contribution in [0.1, 0.15) is 68.4 Å². The Labute approximate surface area is 201 Å². The van der Waals surface area contributed by atoms with Gasteiger partial charge < -0.3 is 25.0 Å². The number of terminal acetylenes is 1. The van der Waals surface area contributed by atoms with E-state index in [0.717, 1.165) is 30.4 Å². The number of benzene rings is 1. The summed E-state index contributed by atoms with van der Waals surface area (Å²) in [7, 11) is 3.38. The van der Waals surface area contributed by atoms with Crippen molar-refractivity contribution in [2.45, 2.75) is 64.3 Å². The van der Waals surface area contributed by atoms with Gasteiger partial charge in [0.2, 0.25) is 11.8 Å². The fourth-order valence-corrected chi connectivity index (χ4v) is 4.35. The van der Waals surface area contributed by atoms with Crippen molar-refractivity contribution < 1.29 is 19.1 Å². The quantitative estimate of drug-likeness (QED) is 0.310. The first-order valence-electron chi connectivity index (χ1n) is 11.6. The zero-order valence-electron chi connectivity index (χ0n) is 20.4. The Bertz CT molecular complexity index is 1010. The van der Waals surface area contributed by atoms with Crippen LogP contribution in [-0.4, -0.2) is 49.4 Å². The lowest BCUT2D eigenvalue weighted by atomic mass is 9.84. The Morgan fingerprint density at radius 2 is 2.21 bits per heavy atom. The zero-order chi connectivity index (χ0) is 24.7. The summed E-state index contributed by atoms with van der Waals surface area (Å²) in [4.78, 5) is 22.8. The molecule has 0 bridgehead atoms. The van der Waals surface area contributed by atoms with E-state index >= 15 is 0 Å². The summed E-state index contributed by atoms with van der Waals surface area (Å²) in [6, 6.07) is 6.12. The number of hydrogen-bond donors (Lipinski definition) is 2. The number of ether oxygens (including phenoxy) is 2. The lowest BCUT2D eigenvalue weighted by molar-refractivity contribution is -0.125. The number of carbonyl (C=O) groups excluding carboxylic acids is 1. The van der Waals surface area contributed by atoms with E-state index < -0.39 is 0 Å². The molecule has 1 amide bonds. The van der Waals surface area contributed by atoms with Gasteiger partial charge in [0.25, 0.3) is 0 Å². The number of allylic oxidation sites excluding steroid dienone is 2. The van der Waals surface area contributed by atoms with Gasteiger partial charge in [-0.2, -0.15) is 0 Å². The molecule has 2 aliphatic rings. The van der Waals surface area contributed by atoms with Crippen LogP contribution in [0.3, 0.4) is 0 Å². The van der Waals surface area contributed by atoms with Crippen molar-refractivity contribution >= 4 is 17.5 Å². The summed E-state index contributed by atoms with van der Waals surface area (Å²) >= 11 is 0. The van der Waals surface area contributed by atoms with Crippen LogP contribution in [-0.2, 0) is 25.5 Å². The maximum atomic E-state index is 12.1. The molecule has 1 heterocycles. The fourth-order valence-electron chi connectivity index (χ4n) is 4.35. The molecule has 0 radical (unpaired) electrons. The standard InChI is InChI=1S/C26H34N4O4/c1-6-9-23(33-17(2)3)21(27)14-15-25-29-26(30(4)34-25)20-12-7-11-19-18(20)10-8-13-22(19)28-24(31)16-32-5/h1,7,9,11-12,17,22,26-27H,8,10,13-16H2,2-5H3,(H,28,31)/b23-9+,27-21?. The Morgan fingerprint density at radius 1 is 1.44 bits per heavy atom. The van der Waals surface area contributed by atoms with Crippen molar-refractivity contribution in [1.29, 1.82) is 5.41 Å². The number of rotatable bonds is 10. The van der Waals surface area contributed by atoms with E-state index in [2.05, 4.69) is 23.4 Å². The van der Waals surface area contributed by atoms with Crippen molar-refractivity contribution in [2.75, 3.05) is 20.8 Å². The second kappa shape index (κ2) is 11.8. The monoisotopic (exact) mass is 466 g/mol. The fraction of sp³-hybridized carbons (Fsp3) is 0.500. The molecule has 0 spiro atoms. The van der Waals surface area contributed by atoms with E-state index in [1.54, 1.807) is 5.06 Å². The third kappa shape index (κ3) is 6.25. The molecule has 3 rings (SSSR count). The number of nitrogens with zero attached hydrogens (tertiary/aromatic N) is 2. The largest absolute Gasteiger partial charge is 0.488 e. The highest BCUT2D eigenvalue weighted by Crippen LogP contribution is 2.37. The van der Waals surface area contributed by atoms with Crippen LogP contribution in [0.4, 0.5) is 0 Å². The van der Waals surface area contributed by atoms with Crippen LogP contribution < -0.4 is 5.32 Å². The predicted octanol–water partition coefficient (Wildman–Crippen LogP) is 3.84. The summed E-state index contributed by atoms with van der Waals surface area (Å²) in [6.45, 7) is 3.85. The van der Waals surface area contributed by atoms with Crippen molar-refractivity contribution in [3.8, 4) is 12.3 Å². The van der Waals surface area contributed by atoms with E-state index in [1.165, 1.54) is 18.7 Å². The number of hydroxylamine groups is 2. The van der Waals surface area contributed by atoms with Gasteiger partial charge in [0.15, 0.2) is 6.17 Å². The second-order valence-corrected chi connectivity index (χ2v) is 8.71. The molecule has 1 aromatic rings. The molecule has 2 atom stereocenters. The number of amides is 1. The minimum atomic E-state index is -0.278. The van der Waals surface area contributed by atoms with Crippen LogP contribution in [0.25, 0.3) is 0 Å². The highest BCUT2D eigenvalue weighted by atomic mass is 16.7. The van der Waals surface area contributed by atoms with Gasteiger partial charge in [-0.25, -0.2) is 4.99 Å². The molecular formula is C26H34N4O4. The van der Waals surface area contributed by atoms with E-state index in [0.29, 0.717) is 30.2 Å². The van der Waals surface area contributed by atoms with Gasteiger partial charge in [-0.05, 0) is 49.8 Å². The van der Waals surface area contributed by atoms with Gasteiger partial charge in [-0.1, -0.05) is 24.1 Å². The Hall–Kier alpha value is -3.15. The minimum Gasteiger partial charge on any atom is -0.488 e. The minimum absolute atomic E-state index is 0.0368. The topological polar surface area (TPSA) is 96.2 Å². The van der Waals surface area contributed by atoms with E-state index in [9.17, 15) is 4.79 Å². The van der Waals surface area contributed by atoms with Crippen LogP contribution in [0.5, 0.6) is 0 Å². The van der Waals surface area contributed by atoms with Crippen LogP contribution in [0, 0.1) is 17.8 Å². The smallest absolute Gasteiger partial charge is 0.246 e. The predicted molar refractivity (Wildman–Crippen MR) is 131 cm³/mol. The Balaban J connectivity index is 1.74. The molecule has 0 saturated carbocycles. The number of nitrogens with one attached hydrogen (secondary N) is 2. The molecule has 1 aliphatic heterocycles. The first-order valence-corrected chi connectivity index (χ1v) is 11.6. The van der Waals surface area contributed by atoms with Gasteiger partial charge in [-0.3, -0.25) is 4.79 Å². The van der Waals surface area contributed by atoms with Crippen LogP contribution in [0.2, 0.25) is 0 Å². The van der Waals surface area contributed by atoms with Gasteiger partial charge in [0.05, 0.1) is 17.9 Å². The summed E-state index contributed by atoms with van der Waals surface area (Å²) in [6.07, 6.45) is 10.2. The molecule has 0 saturated heterocycles.